The molecule has 0 rings (SSSR count). The Morgan fingerprint density at radius 3 is 1.00 bits per heavy atom. The van der Waals surface area contributed by atoms with E-state index in [-0.39, 0.29) is 13.8 Å². The fourth-order valence-corrected chi connectivity index (χ4v) is 1.19. The van der Waals surface area contributed by atoms with Crippen LogP contribution in [0.2, 0.25) is 0 Å². The lowest BCUT2D eigenvalue weighted by Gasteiger charge is -2.41. The molecular weight excluding hydrogens is 236 g/mol. The summed E-state index contributed by atoms with van der Waals surface area (Å²) in [5.74, 6) is -9.84. The zero-order valence-electron chi connectivity index (χ0n) is 7.73. The summed E-state index contributed by atoms with van der Waals surface area (Å²) in [5, 5.41) is 0. The first-order valence-corrected chi connectivity index (χ1v) is 3.69. The Bertz CT molecular complexity index is 181. The summed E-state index contributed by atoms with van der Waals surface area (Å²) in [4.78, 5) is 0. The second-order valence-corrected chi connectivity index (χ2v) is 3.31. The molecule has 0 aliphatic carbocycles. The maximum absolute atomic E-state index is 12.6. The van der Waals surface area contributed by atoms with E-state index in [4.69, 9.17) is 0 Å². The SMILES string of the molecule is CC(F)(F)C(CF)(C(C)(F)F)C(F)(F)F. The highest BCUT2D eigenvalue weighted by Crippen LogP contribution is 2.57. The van der Waals surface area contributed by atoms with Gasteiger partial charge in [0.15, 0.2) is 0 Å². The Kier molecular flexibility index (Phi) is 3.35. The van der Waals surface area contributed by atoms with E-state index >= 15 is 0 Å². The van der Waals surface area contributed by atoms with Crippen LogP contribution in [-0.2, 0) is 0 Å². The molecule has 0 spiro atoms. The summed E-state index contributed by atoms with van der Waals surface area (Å²) in [6.45, 7) is -3.64. The Hall–Kier alpha value is -0.560. The molecule has 0 aliphatic heterocycles. The molecule has 0 unspecified atom stereocenters. The van der Waals surface area contributed by atoms with Crippen LogP contribution in [-0.4, -0.2) is 24.7 Å². The molecule has 0 aromatic heterocycles. The molecule has 0 aliphatic rings. The van der Waals surface area contributed by atoms with E-state index in [0.717, 1.165) is 0 Å². The number of halogens is 8. The normalized spacial score (nSPS) is 15.6. The minimum atomic E-state index is -6.04. The monoisotopic (exact) mass is 244 g/mol. The van der Waals surface area contributed by atoms with Crippen molar-refractivity contribution in [3.63, 3.8) is 0 Å². The molecule has 0 nitrogen and oxygen atoms in total. The van der Waals surface area contributed by atoms with E-state index < -0.39 is 30.1 Å². The van der Waals surface area contributed by atoms with E-state index in [0.29, 0.717) is 0 Å². The van der Waals surface area contributed by atoms with E-state index in [2.05, 4.69) is 0 Å². The van der Waals surface area contributed by atoms with Gasteiger partial charge in [-0.15, -0.1) is 0 Å². The lowest BCUT2D eigenvalue weighted by Crippen LogP contribution is -2.62. The van der Waals surface area contributed by atoms with Crippen LogP contribution in [0.4, 0.5) is 35.1 Å². The third-order valence-electron chi connectivity index (χ3n) is 2.18. The molecule has 0 N–H and O–H groups in total. The molecule has 0 fully saturated rings. The fraction of sp³-hybridized carbons (Fsp3) is 1.00. The summed E-state index contributed by atoms with van der Waals surface area (Å²) in [5.41, 5.74) is -4.98. The van der Waals surface area contributed by atoms with Gasteiger partial charge in [0.25, 0.3) is 11.8 Å². The number of hydrogen-bond donors (Lipinski definition) is 0. The second kappa shape index (κ2) is 3.48. The van der Waals surface area contributed by atoms with Crippen LogP contribution >= 0.6 is 0 Å². The minimum absolute atomic E-state index is 0.377. The molecule has 8 heteroatoms. The fourth-order valence-electron chi connectivity index (χ4n) is 1.19. The molecule has 15 heavy (non-hydrogen) atoms. The molecule has 0 saturated heterocycles. The zero-order chi connectivity index (χ0) is 12.7. The molecule has 92 valence electrons. The van der Waals surface area contributed by atoms with Crippen molar-refractivity contribution in [2.75, 3.05) is 6.67 Å². The van der Waals surface area contributed by atoms with Crippen LogP contribution in [0.25, 0.3) is 0 Å². The molecule has 0 radical (unpaired) electrons. The third-order valence-corrected chi connectivity index (χ3v) is 2.18. The van der Waals surface area contributed by atoms with Gasteiger partial charge in [0.1, 0.15) is 6.67 Å². The molecule has 0 aromatic rings. The summed E-state index contributed by atoms with van der Waals surface area (Å²) in [6, 6.07) is 0. The quantitative estimate of drug-likeness (QED) is 0.662. The van der Waals surface area contributed by atoms with Crippen LogP contribution in [0.15, 0.2) is 0 Å². The van der Waals surface area contributed by atoms with E-state index in [1.165, 1.54) is 0 Å². The smallest absolute Gasteiger partial charge is 0.250 e. The maximum atomic E-state index is 12.6. The van der Waals surface area contributed by atoms with Crippen LogP contribution in [0, 0.1) is 5.41 Å². The molecule has 0 atom stereocenters. The summed E-state index contributed by atoms with van der Waals surface area (Å²) in [7, 11) is 0. The first kappa shape index (κ1) is 14.4. The van der Waals surface area contributed by atoms with Crippen molar-refractivity contribution in [2.45, 2.75) is 31.9 Å². The summed E-state index contributed by atoms with van der Waals surface area (Å²) >= 11 is 0. The van der Waals surface area contributed by atoms with Gasteiger partial charge in [-0.2, -0.15) is 13.2 Å². The Morgan fingerprint density at radius 2 is 1.00 bits per heavy atom. The van der Waals surface area contributed by atoms with Gasteiger partial charge in [-0.3, -0.25) is 0 Å². The number of hydrogen-bond acceptors (Lipinski definition) is 0. The topological polar surface area (TPSA) is 0 Å². The van der Waals surface area contributed by atoms with E-state index in [1.54, 1.807) is 0 Å². The second-order valence-electron chi connectivity index (χ2n) is 3.31. The van der Waals surface area contributed by atoms with Crippen LogP contribution in [0.3, 0.4) is 0 Å². The Labute approximate surface area is 80.3 Å². The standard InChI is InChI=1S/C7H8F8/c1-4(9,10)6(3-8,5(2,11)12)7(13,14)15/h3H2,1-2H3. The third kappa shape index (κ3) is 2.03. The first-order chi connectivity index (χ1) is 6.31. The number of rotatable bonds is 3. The molecular formula is C7H8F8. The Morgan fingerprint density at radius 1 is 0.733 bits per heavy atom. The molecule has 0 heterocycles. The van der Waals surface area contributed by atoms with Crippen molar-refractivity contribution >= 4 is 0 Å². The number of alkyl halides is 8. The molecule has 0 bridgehead atoms. The van der Waals surface area contributed by atoms with Gasteiger partial charge in [0.05, 0.1) is 0 Å². The van der Waals surface area contributed by atoms with Crippen molar-refractivity contribution in [2.24, 2.45) is 5.41 Å². The van der Waals surface area contributed by atoms with E-state index in [1.807, 2.05) is 0 Å². The molecule has 0 aromatic carbocycles. The predicted molar refractivity (Wildman–Crippen MR) is 35.7 cm³/mol. The van der Waals surface area contributed by atoms with Crippen molar-refractivity contribution in [1.29, 1.82) is 0 Å². The lowest BCUT2D eigenvalue weighted by molar-refractivity contribution is -0.361. The van der Waals surface area contributed by atoms with Crippen LogP contribution in [0.1, 0.15) is 13.8 Å². The summed E-state index contributed by atoms with van der Waals surface area (Å²) < 4.78 is 99.0. The van der Waals surface area contributed by atoms with Crippen molar-refractivity contribution in [3.8, 4) is 0 Å². The van der Waals surface area contributed by atoms with E-state index in [9.17, 15) is 35.1 Å². The average Bonchev–Trinajstić information content (AvgIpc) is 1.76. The average molecular weight is 244 g/mol. The summed E-state index contributed by atoms with van der Waals surface area (Å²) in [6.07, 6.45) is -6.04. The largest absolute Gasteiger partial charge is 0.408 e. The maximum Gasteiger partial charge on any atom is 0.408 e. The predicted octanol–water partition coefficient (Wildman–Crippen LogP) is 3.82. The van der Waals surface area contributed by atoms with Crippen LogP contribution in [0.5, 0.6) is 0 Å². The molecule has 0 amide bonds. The highest BCUT2D eigenvalue weighted by Gasteiger charge is 2.77. The zero-order valence-corrected chi connectivity index (χ0v) is 7.73. The van der Waals surface area contributed by atoms with Gasteiger partial charge in [0.2, 0.25) is 5.41 Å². The van der Waals surface area contributed by atoms with Gasteiger partial charge in [-0.25, -0.2) is 22.0 Å². The highest BCUT2D eigenvalue weighted by molar-refractivity contribution is 5.03. The van der Waals surface area contributed by atoms with Gasteiger partial charge in [0, 0.05) is 13.8 Å². The van der Waals surface area contributed by atoms with Gasteiger partial charge >= 0.3 is 6.18 Å². The lowest BCUT2D eigenvalue weighted by atomic mass is 9.76. The first-order valence-electron chi connectivity index (χ1n) is 3.69. The van der Waals surface area contributed by atoms with Gasteiger partial charge in [-0.1, -0.05) is 0 Å². The van der Waals surface area contributed by atoms with Crippen molar-refractivity contribution in [3.05, 3.63) is 0 Å². The minimum Gasteiger partial charge on any atom is -0.250 e. The van der Waals surface area contributed by atoms with Crippen LogP contribution < -0.4 is 0 Å². The van der Waals surface area contributed by atoms with Crippen molar-refractivity contribution in [1.82, 2.24) is 0 Å². The van der Waals surface area contributed by atoms with Gasteiger partial charge in [-0.05, 0) is 0 Å². The van der Waals surface area contributed by atoms with Gasteiger partial charge < -0.3 is 0 Å². The van der Waals surface area contributed by atoms with Crippen molar-refractivity contribution < 1.29 is 35.1 Å². The highest BCUT2D eigenvalue weighted by atomic mass is 19.4. The molecule has 0 saturated carbocycles. The Balaban J connectivity index is 5.78.